The number of halogens is 1. The van der Waals surface area contributed by atoms with Crippen molar-refractivity contribution in [3.05, 3.63) is 35.9 Å². The van der Waals surface area contributed by atoms with Crippen LogP contribution in [-0.4, -0.2) is 29.9 Å². The van der Waals surface area contributed by atoms with E-state index in [1.165, 1.54) is 12.0 Å². The Morgan fingerprint density at radius 2 is 1.91 bits per heavy atom. The summed E-state index contributed by atoms with van der Waals surface area (Å²) >= 11 is 0. The molecule has 4 atom stereocenters. The van der Waals surface area contributed by atoms with Gasteiger partial charge in [-0.3, -0.25) is 4.79 Å². The molecule has 1 aliphatic heterocycles. The van der Waals surface area contributed by atoms with Gasteiger partial charge in [0, 0.05) is 25.6 Å². The maximum Gasteiger partial charge on any atom is 0.223 e. The molecule has 2 aliphatic rings. The third-order valence-electron chi connectivity index (χ3n) is 5.69. The second kappa shape index (κ2) is 7.67. The second-order valence-electron chi connectivity index (χ2n) is 7.43. The van der Waals surface area contributed by atoms with Crippen molar-refractivity contribution in [3.8, 4) is 0 Å². The molecule has 1 aromatic carbocycles. The first kappa shape index (κ1) is 18.3. The number of carbonyl (C=O) groups excluding carboxylic acids is 1. The Balaban J connectivity index is 0.00000192. The van der Waals surface area contributed by atoms with E-state index in [0.717, 1.165) is 19.5 Å². The summed E-state index contributed by atoms with van der Waals surface area (Å²) in [6.07, 6.45) is 2.95. The number of amides is 1. The molecule has 2 fully saturated rings. The van der Waals surface area contributed by atoms with Crippen LogP contribution in [0.4, 0.5) is 0 Å². The van der Waals surface area contributed by atoms with E-state index in [2.05, 4.69) is 43.0 Å². The Labute approximate surface area is 146 Å². The van der Waals surface area contributed by atoms with Gasteiger partial charge in [-0.25, -0.2) is 0 Å². The number of likely N-dealkylation sites (tertiary alicyclic amines) is 1. The lowest BCUT2D eigenvalue weighted by molar-refractivity contribution is -0.131. The van der Waals surface area contributed by atoms with Crippen molar-refractivity contribution in [3.63, 3.8) is 0 Å². The summed E-state index contributed by atoms with van der Waals surface area (Å²) in [5.41, 5.74) is 7.46. The fraction of sp³-hybridized carbons (Fsp3) is 0.632. The van der Waals surface area contributed by atoms with Gasteiger partial charge in [0.25, 0.3) is 0 Å². The lowest BCUT2D eigenvalue weighted by Gasteiger charge is -2.25. The molecule has 3 nitrogen and oxygen atoms in total. The number of hydrogen-bond acceptors (Lipinski definition) is 2. The molecule has 23 heavy (non-hydrogen) atoms. The van der Waals surface area contributed by atoms with Crippen molar-refractivity contribution in [2.75, 3.05) is 13.1 Å². The monoisotopic (exact) mass is 336 g/mol. The standard InChI is InChI=1S/C19H28N2O.ClH/c1-13(2)16(14-6-4-3-5-7-14)10-19(22)21-11-15-8-9-18(20)17(15)12-21;/h3-7,13,15-18H,8-12,20H2,1-2H3;1H. The molecule has 128 valence electrons. The first-order valence-electron chi connectivity index (χ1n) is 8.64. The molecular weight excluding hydrogens is 308 g/mol. The average molecular weight is 337 g/mol. The van der Waals surface area contributed by atoms with Gasteiger partial charge in [-0.15, -0.1) is 12.4 Å². The van der Waals surface area contributed by atoms with E-state index < -0.39 is 0 Å². The fourth-order valence-corrected chi connectivity index (χ4v) is 4.27. The molecule has 1 saturated heterocycles. The van der Waals surface area contributed by atoms with Crippen molar-refractivity contribution in [2.24, 2.45) is 23.5 Å². The quantitative estimate of drug-likeness (QED) is 0.915. The number of nitrogens with two attached hydrogens (primary N) is 1. The van der Waals surface area contributed by atoms with E-state index in [-0.39, 0.29) is 12.4 Å². The van der Waals surface area contributed by atoms with Gasteiger partial charge < -0.3 is 10.6 Å². The zero-order valence-corrected chi connectivity index (χ0v) is 15.0. The van der Waals surface area contributed by atoms with Crippen LogP contribution in [0.1, 0.15) is 44.6 Å². The lowest BCUT2D eigenvalue weighted by atomic mass is 9.85. The number of nitrogens with zero attached hydrogens (tertiary/aromatic N) is 1. The van der Waals surface area contributed by atoms with Gasteiger partial charge >= 0.3 is 0 Å². The zero-order chi connectivity index (χ0) is 15.7. The van der Waals surface area contributed by atoms with E-state index in [1.807, 2.05) is 6.07 Å². The topological polar surface area (TPSA) is 46.3 Å². The number of fused-ring (bicyclic) bond motifs is 1. The number of hydrogen-bond donors (Lipinski definition) is 1. The van der Waals surface area contributed by atoms with Crippen LogP contribution < -0.4 is 5.73 Å². The summed E-state index contributed by atoms with van der Waals surface area (Å²) in [5.74, 6) is 2.27. The van der Waals surface area contributed by atoms with Crippen LogP contribution in [0.5, 0.6) is 0 Å². The molecule has 4 unspecified atom stereocenters. The third-order valence-corrected chi connectivity index (χ3v) is 5.69. The second-order valence-corrected chi connectivity index (χ2v) is 7.43. The third kappa shape index (κ3) is 3.89. The van der Waals surface area contributed by atoms with Crippen LogP contribution >= 0.6 is 12.4 Å². The largest absolute Gasteiger partial charge is 0.342 e. The first-order chi connectivity index (χ1) is 10.6. The van der Waals surface area contributed by atoms with Crippen LogP contribution in [0.15, 0.2) is 30.3 Å². The molecule has 3 rings (SSSR count). The summed E-state index contributed by atoms with van der Waals surface area (Å²) in [4.78, 5) is 14.8. The van der Waals surface area contributed by atoms with Crippen LogP contribution in [0, 0.1) is 17.8 Å². The van der Waals surface area contributed by atoms with Gasteiger partial charge in [0.05, 0.1) is 0 Å². The minimum absolute atomic E-state index is 0. The van der Waals surface area contributed by atoms with E-state index in [1.54, 1.807) is 0 Å². The van der Waals surface area contributed by atoms with Crippen molar-refractivity contribution in [2.45, 2.75) is 45.1 Å². The number of rotatable bonds is 4. The van der Waals surface area contributed by atoms with Crippen molar-refractivity contribution < 1.29 is 4.79 Å². The molecule has 0 spiro atoms. The van der Waals surface area contributed by atoms with Gasteiger partial charge in [0.15, 0.2) is 0 Å². The summed E-state index contributed by atoms with van der Waals surface area (Å²) in [6.45, 7) is 6.22. The Bertz CT molecular complexity index is 519. The molecule has 2 N–H and O–H groups in total. The van der Waals surface area contributed by atoms with Gasteiger partial charge in [0.2, 0.25) is 5.91 Å². The fourth-order valence-electron chi connectivity index (χ4n) is 4.27. The molecule has 0 bridgehead atoms. The normalized spacial score (nSPS) is 27.7. The molecule has 1 aromatic rings. The van der Waals surface area contributed by atoms with Crippen LogP contribution in [0.2, 0.25) is 0 Å². The minimum atomic E-state index is 0. The van der Waals surface area contributed by atoms with E-state index >= 15 is 0 Å². The van der Waals surface area contributed by atoms with Crippen LogP contribution in [-0.2, 0) is 4.79 Å². The van der Waals surface area contributed by atoms with Gasteiger partial charge in [-0.1, -0.05) is 44.2 Å². The molecule has 1 saturated carbocycles. The summed E-state index contributed by atoms with van der Waals surface area (Å²) in [6, 6.07) is 10.8. The Morgan fingerprint density at radius 1 is 1.22 bits per heavy atom. The summed E-state index contributed by atoms with van der Waals surface area (Å²) in [5, 5.41) is 0. The highest BCUT2D eigenvalue weighted by atomic mass is 35.5. The highest BCUT2D eigenvalue weighted by Crippen LogP contribution is 2.38. The first-order valence-corrected chi connectivity index (χ1v) is 8.64. The Kier molecular flexibility index (Phi) is 6.10. The molecule has 0 radical (unpaired) electrons. The minimum Gasteiger partial charge on any atom is -0.342 e. The van der Waals surface area contributed by atoms with Gasteiger partial charge in [0.1, 0.15) is 0 Å². The van der Waals surface area contributed by atoms with Crippen molar-refractivity contribution in [1.29, 1.82) is 0 Å². The predicted molar refractivity (Wildman–Crippen MR) is 96.7 cm³/mol. The molecule has 0 aromatic heterocycles. The van der Waals surface area contributed by atoms with E-state index in [4.69, 9.17) is 5.73 Å². The van der Waals surface area contributed by atoms with Gasteiger partial charge in [-0.05, 0) is 42.1 Å². The number of carbonyl (C=O) groups is 1. The summed E-state index contributed by atoms with van der Waals surface area (Å²) in [7, 11) is 0. The van der Waals surface area contributed by atoms with E-state index in [0.29, 0.717) is 42.0 Å². The summed E-state index contributed by atoms with van der Waals surface area (Å²) < 4.78 is 0. The maximum absolute atomic E-state index is 12.8. The highest BCUT2D eigenvalue weighted by molar-refractivity contribution is 5.85. The lowest BCUT2D eigenvalue weighted by Crippen LogP contribution is -2.34. The Hall–Kier alpha value is -1.06. The van der Waals surface area contributed by atoms with Crippen molar-refractivity contribution >= 4 is 18.3 Å². The molecular formula is C19H29ClN2O. The molecule has 1 amide bonds. The van der Waals surface area contributed by atoms with Crippen LogP contribution in [0.25, 0.3) is 0 Å². The number of benzene rings is 1. The Morgan fingerprint density at radius 3 is 2.52 bits per heavy atom. The zero-order valence-electron chi connectivity index (χ0n) is 14.2. The van der Waals surface area contributed by atoms with Crippen molar-refractivity contribution in [1.82, 2.24) is 4.90 Å². The van der Waals surface area contributed by atoms with Gasteiger partial charge in [-0.2, -0.15) is 0 Å². The predicted octanol–water partition coefficient (Wildman–Crippen LogP) is 3.43. The van der Waals surface area contributed by atoms with E-state index in [9.17, 15) is 4.79 Å². The van der Waals surface area contributed by atoms with Crippen LogP contribution in [0.3, 0.4) is 0 Å². The SMILES string of the molecule is CC(C)C(CC(=O)N1CC2CCC(N)C2C1)c1ccccc1.Cl. The molecule has 4 heteroatoms. The molecule has 1 aliphatic carbocycles. The smallest absolute Gasteiger partial charge is 0.223 e. The average Bonchev–Trinajstić information content (AvgIpc) is 3.08. The molecule has 1 heterocycles. The maximum atomic E-state index is 12.8. The highest BCUT2D eigenvalue weighted by Gasteiger charge is 2.42.